The number of alkyl halides is 3. The number of hydrogen-bond donors (Lipinski definition) is 4. The summed E-state index contributed by atoms with van der Waals surface area (Å²) in [5.41, 5.74) is 7.09. The number of likely N-dealkylation sites (tertiary alicyclic amines) is 1. The van der Waals surface area contributed by atoms with E-state index in [4.69, 9.17) is 32.6 Å². The van der Waals surface area contributed by atoms with Crippen molar-refractivity contribution in [1.29, 1.82) is 5.41 Å². The summed E-state index contributed by atoms with van der Waals surface area (Å²) < 4.78 is 58.8. The molecule has 3 heterocycles. The molecule has 0 unspecified atom stereocenters. The first-order valence-electron chi connectivity index (χ1n) is 10.8. The SMILES string of the molecule is Cc1c(S(=O)(=O)CN[C@H]2CCN(Cc3csc(C(=N)N)c3)C2=O)sc2ccc(Cl)cc12.O=C(O)C(F)(F)F. The summed E-state index contributed by atoms with van der Waals surface area (Å²) in [5.74, 6) is -3.17. The Morgan fingerprint density at radius 2 is 2.00 bits per heavy atom. The first-order chi connectivity index (χ1) is 17.6. The molecule has 0 spiro atoms. The maximum absolute atomic E-state index is 13.0. The number of fused-ring (bicyclic) bond motifs is 1. The Bertz CT molecular complexity index is 1490. The van der Waals surface area contributed by atoms with Crippen LogP contribution in [0.3, 0.4) is 0 Å². The Hall–Kier alpha value is -2.72. The van der Waals surface area contributed by atoms with Crippen molar-refractivity contribution in [2.24, 2.45) is 5.73 Å². The highest BCUT2D eigenvalue weighted by molar-refractivity contribution is 7.93. The summed E-state index contributed by atoms with van der Waals surface area (Å²) in [6.45, 7) is 2.74. The zero-order chi connectivity index (χ0) is 28.4. The number of carbonyl (C=O) groups is 2. The van der Waals surface area contributed by atoms with E-state index >= 15 is 0 Å². The van der Waals surface area contributed by atoms with Crippen LogP contribution in [0.2, 0.25) is 5.02 Å². The third-order valence-electron chi connectivity index (χ3n) is 5.49. The Kier molecular flexibility index (Phi) is 9.08. The van der Waals surface area contributed by atoms with Gasteiger partial charge in [0.05, 0.1) is 10.9 Å². The lowest BCUT2D eigenvalue weighted by atomic mass is 10.2. The van der Waals surface area contributed by atoms with Gasteiger partial charge in [-0.15, -0.1) is 22.7 Å². The van der Waals surface area contributed by atoms with Crippen LogP contribution >= 0.6 is 34.3 Å². The second kappa shape index (κ2) is 11.6. The fourth-order valence-electron chi connectivity index (χ4n) is 3.65. The molecule has 1 fully saturated rings. The van der Waals surface area contributed by atoms with Gasteiger partial charge in [0.1, 0.15) is 15.9 Å². The number of halogens is 4. The summed E-state index contributed by atoms with van der Waals surface area (Å²) in [7, 11) is -3.60. The highest BCUT2D eigenvalue weighted by atomic mass is 35.5. The summed E-state index contributed by atoms with van der Waals surface area (Å²) >= 11 is 8.64. The molecule has 0 aliphatic carbocycles. The van der Waals surface area contributed by atoms with E-state index in [1.54, 1.807) is 24.0 Å². The topological polar surface area (TPSA) is 154 Å². The molecular formula is C22H22ClF3N4O5S3. The standard InChI is InChI=1S/C20H21ClN4O3S3.C2HF3O2/c1-11-14-7-13(21)2-3-16(14)30-20(11)31(27,28)10-24-15-4-5-25(19(15)26)8-12-6-17(18(22)23)29-9-12;3-2(4,5)1(6)7/h2-3,6-7,9,15,24H,4-5,8,10H2,1H3,(H3,22,23);(H,6,7)/t15-;/m0./s1. The molecule has 9 nitrogen and oxygen atoms in total. The Morgan fingerprint density at radius 3 is 2.58 bits per heavy atom. The Balaban J connectivity index is 0.000000505. The molecule has 206 valence electrons. The predicted octanol–water partition coefficient (Wildman–Crippen LogP) is 3.96. The maximum Gasteiger partial charge on any atom is 0.490 e. The van der Waals surface area contributed by atoms with Crippen molar-refractivity contribution in [2.75, 3.05) is 12.4 Å². The number of amides is 1. The summed E-state index contributed by atoms with van der Waals surface area (Å²) in [5, 5.41) is 20.8. The number of rotatable bonds is 7. The smallest absolute Gasteiger partial charge is 0.475 e. The number of amidine groups is 1. The minimum absolute atomic E-state index is 0.00699. The lowest BCUT2D eigenvalue weighted by molar-refractivity contribution is -0.192. The summed E-state index contributed by atoms with van der Waals surface area (Å²) in [4.78, 5) is 24.0. The fourth-order valence-corrected chi connectivity index (χ4v) is 7.59. The van der Waals surface area contributed by atoms with E-state index in [1.165, 1.54) is 22.7 Å². The van der Waals surface area contributed by atoms with Crippen LogP contribution in [0.25, 0.3) is 10.1 Å². The minimum Gasteiger partial charge on any atom is -0.475 e. The number of nitrogens with zero attached hydrogens (tertiary/aromatic N) is 1. The van der Waals surface area contributed by atoms with Gasteiger partial charge in [-0.05, 0) is 59.5 Å². The number of sulfone groups is 1. The summed E-state index contributed by atoms with van der Waals surface area (Å²) in [6.07, 6.45) is -4.54. The molecular weight excluding hydrogens is 589 g/mol. The van der Waals surface area contributed by atoms with Crippen LogP contribution in [-0.2, 0) is 26.0 Å². The second-order valence-electron chi connectivity index (χ2n) is 8.26. The molecule has 16 heteroatoms. The van der Waals surface area contributed by atoms with Gasteiger partial charge in [0, 0.05) is 22.8 Å². The number of benzene rings is 1. The van der Waals surface area contributed by atoms with Crippen molar-refractivity contribution in [2.45, 2.75) is 36.3 Å². The average Bonchev–Trinajstić information content (AvgIpc) is 3.52. The molecule has 0 saturated carbocycles. The molecule has 0 radical (unpaired) electrons. The van der Waals surface area contributed by atoms with Crippen molar-refractivity contribution >= 4 is 71.9 Å². The largest absolute Gasteiger partial charge is 0.490 e. The molecule has 0 bridgehead atoms. The van der Waals surface area contributed by atoms with E-state index in [-0.39, 0.29) is 17.6 Å². The molecule has 1 atom stereocenters. The van der Waals surface area contributed by atoms with E-state index in [9.17, 15) is 26.4 Å². The first kappa shape index (κ1) is 29.8. The number of aryl methyl sites for hydroxylation is 1. The van der Waals surface area contributed by atoms with E-state index in [0.717, 1.165) is 15.6 Å². The van der Waals surface area contributed by atoms with Gasteiger partial charge >= 0.3 is 12.1 Å². The van der Waals surface area contributed by atoms with Gasteiger partial charge in [-0.1, -0.05) is 11.6 Å². The quantitative estimate of drug-likeness (QED) is 0.233. The fraction of sp³-hybridized carbons (Fsp3) is 0.318. The van der Waals surface area contributed by atoms with Crippen molar-refractivity contribution in [1.82, 2.24) is 10.2 Å². The average molecular weight is 611 g/mol. The lowest BCUT2D eigenvalue weighted by Gasteiger charge is -2.16. The van der Waals surface area contributed by atoms with Crippen LogP contribution in [0.5, 0.6) is 0 Å². The van der Waals surface area contributed by atoms with Crippen LogP contribution in [-0.4, -0.2) is 60.8 Å². The molecule has 1 aliphatic heterocycles. The predicted molar refractivity (Wildman–Crippen MR) is 140 cm³/mol. The molecule has 4 rings (SSSR count). The van der Waals surface area contributed by atoms with Gasteiger partial charge in [-0.3, -0.25) is 15.5 Å². The normalized spacial score (nSPS) is 16.0. The Morgan fingerprint density at radius 1 is 1.34 bits per heavy atom. The van der Waals surface area contributed by atoms with Crippen LogP contribution in [0.1, 0.15) is 22.4 Å². The van der Waals surface area contributed by atoms with E-state index in [0.29, 0.717) is 39.2 Å². The van der Waals surface area contributed by atoms with Crippen LogP contribution < -0.4 is 11.1 Å². The van der Waals surface area contributed by atoms with Gasteiger partial charge in [0.25, 0.3) is 0 Å². The molecule has 1 aromatic carbocycles. The van der Waals surface area contributed by atoms with Crippen molar-refractivity contribution in [3.8, 4) is 0 Å². The molecule has 3 aromatic rings. The second-order valence-corrected chi connectivity index (χ2v) is 12.8. The number of carbonyl (C=O) groups excluding carboxylic acids is 1. The van der Waals surface area contributed by atoms with Gasteiger partial charge in [0.2, 0.25) is 15.7 Å². The van der Waals surface area contributed by atoms with Crippen molar-refractivity contribution in [3.05, 3.63) is 50.7 Å². The highest BCUT2D eigenvalue weighted by Gasteiger charge is 2.38. The van der Waals surface area contributed by atoms with E-state index in [2.05, 4.69) is 5.32 Å². The zero-order valence-corrected chi connectivity index (χ0v) is 22.8. The maximum atomic E-state index is 13.0. The number of nitrogens with one attached hydrogen (secondary N) is 2. The molecule has 2 aromatic heterocycles. The monoisotopic (exact) mass is 610 g/mol. The highest BCUT2D eigenvalue weighted by Crippen LogP contribution is 2.36. The molecule has 1 amide bonds. The number of thiophene rings is 2. The van der Waals surface area contributed by atoms with E-state index < -0.39 is 28.0 Å². The van der Waals surface area contributed by atoms with Crippen LogP contribution in [0.15, 0.2) is 33.9 Å². The number of aliphatic carboxylic acids is 1. The van der Waals surface area contributed by atoms with Gasteiger partial charge < -0.3 is 15.7 Å². The number of carboxylic acid groups (broad SMARTS) is 1. The van der Waals surface area contributed by atoms with Gasteiger partial charge in [-0.25, -0.2) is 13.2 Å². The number of hydrogen-bond acceptors (Lipinski definition) is 8. The summed E-state index contributed by atoms with van der Waals surface area (Å²) in [6, 6.07) is 6.61. The Labute approximate surface area is 228 Å². The number of nitrogen functional groups attached to an aromatic ring is 1. The number of carboxylic acids is 1. The lowest BCUT2D eigenvalue weighted by Crippen LogP contribution is -2.40. The third kappa shape index (κ3) is 7.02. The molecule has 38 heavy (non-hydrogen) atoms. The van der Waals surface area contributed by atoms with E-state index in [1.807, 2.05) is 17.5 Å². The number of nitrogens with two attached hydrogens (primary N) is 1. The van der Waals surface area contributed by atoms with Crippen molar-refractivity contribution < 1.29 is 36.3 Å². The zero-order valence-electron chi connectivity index (χ0n) is 19.6. The molecule has 1 aliphatic rings. The van der Waals surface area contributed by atoms with Gasteiger partial charge in [0.15, 0.2) is 0 Å². The van der Waals surface area contributed by atoms with Crippen LogP contribution in [0, 0.1) is 12.3 Å². The molecule has 5 N–H and O–H groups in total. The third-order valence-corrected chi connectivity index (χ3v) is 10.2. The molecule has 1 saturated heterocycles. The minimum atomic E-state index is -5.08. The first-order valence-corrected chi connectivity index (χ1v) is 14.5. The van der Waals surface area contributed by atoms with Crippen molar-refractivity contribution in [3.63, 3.8) is 0 Å². The van der Waals surface area contributed by atoms with Crippen LogP contribution in [0.4, 0.5) is 13.2 Å². The van der Waals surface area contributed by atoms with Gasteiger partial charge in [-0.2, -0.15) is 13.2 Å².